The van der Waals surface area contributed by atoms with Crippen molar-refractivity contribution in [2.45, 2.75) is 36.2 Å². The molecular weight excluding hydrogens is 691 g/mol. The van der Waals surface area contributed by atoms with Crippen LogP contribution < -0.4 is 10.3 Å². The summed E-state index contributed by atoms with van der Waals surface area (Å²) >= 11 is 15.9. The van der Waals surface area contributed by atoms with Gasteiger partial charge in [0.05, 0.1) is 27.6 Å². The van der Waals surface area contributed by atoms with Gasteiger partial charge in [-0.15, -0.1) is 5.10 Å². The van der Waals surface area contributed by atoms with Crippen molar-refractivity contribution < 1.29 is 27.1 Å². The zero-order chi connectivity index (χ0) is 31.1. The Bertz CT molecular complexity index is 1790. The number of nitrogens with zero attached hydrogens (tertiary/aromatic N) is 5. The second-order valence-corrected chi connectivity index (χ2v) is 12.8. The maximum atomic E-state index is 13.8. The molecule has 3 aromatic rings. The second-order valence-electron chi connectivity index (χ2n) is 9.58. The minimum Gasteiger partial charge on any atom is -0.361 e. The van der Waals surface area contributed by atoms with Crippen LogP contribution in [0.1, 0.15) is 29.6 Å². The molecule has 1 aliphatic carbocycles. The van der Waals surface area contributed by atoms with E-state index >= 15 is 0 Å². The smallest absolute Gasteiger partial charge is 0.347 e. The highest BCUT2D eigenvalue weighted by Crippen LogP contribution is 2.36. The number of benzene rings is 2. The predicted octanol–water partition coefficient (Wildman–Crippen LogP) is 5.23. The Kier molecular flexibility index (Phi) is 8.61. The van der Waals surface area contributed by atoms with Gasteiger partial charge >= 0.3 is 10.1 Å². The number of aromatic nitrogens is 1. The van der Waals surface area contributed by atoms with Crippen molar-refractivity contribution >= 4 is 84.2 Å². The number of hydrogen-bond acceptors (Lipinski definition) is 10. The summed E-state index contributed by atoms with van der Waals surface area (Å²) in [4.78, 5) is 42.7. The van der Waals surface area contributed by atoms with Crippen molar-refractivity contribution in [2.75, 3.05) is 17.4 Å². The van der Waals surface area contributed by atoms with Crippen LogP contribution in [0.4, 0.5) is 17.2 Å². The molecule has 0 radical (unpaired) electrons. The highest BCUT2D eigenvalue weighted by atomic mass is 79.9. The first-order valence-electron chi connectivity index (χ1n) is 12.6. The molecule has 2 aromatic carbocycles. The average Bonchev–Trinajstić information content (AvgIpc) is 3.73. The fourth-order valence-corrected chi connectivity index (χ4v) is 6.57. The molecule has 13 nitrogen and oxygen atoms in total. The molecule has 0 spiro atoms. The number of para-hydroxylation sites is 1. The molecule has 1 N–H and O–H groups in total. The Morgan fingerprint density at radius 1 is 1.19 bits per heavy atom. The molecular formula is C26H21BrCl2N6O7S. The Hall–Kier alpha value is -3.79. The number of nitro benzene ring substituents is 1. The monoisotopic (exact) mass is 710 g/mol. The number of pyridine rings is 1. The summed E-state index contributed by atoms with van der Waals surface area (Å²) in [5, 5.41) is 19.8. The van der Waals surface area contributed by atoms with E-state index in [2.05, 4.69) is 31.3 Å². The summed E-state index contributed by atoms with van der Waals surface area (Å²) in [5.41, 5.74) is -0.416. The number of anilines is 2. The molecule has 1 unspecified atom stereocenters. The van der Waals surface area contributed by atoms with Crippen molar-refractivity contribution in [2.24, 2.45) is 5.10 Å². The van der Waals surface area contributed by atoms with Crippen LogP contribution in [0.2, 0.25) is 10.0 Å². The molecule has 0 bridgehead atoms. The molecule has 43 heavy (non-hydrogen) atoms. The van der Waals surface area contributed by atoms with Crippen LogP contribution in [0.15, 0.2) is 69.2 Å². The van der Waals surface area contributed by atoms with Gasteiger partial charge in [-0.2, -0.15) is 8.42 Å². The van der Waals surface area contributed by atoms with Crippen molar-refractivity contribution in [1.29, 1.82) is 0 Å². The van der Waals surface area contributed by atoms with Gasteiger partial charge in [0.1, 0.15) is 6.04 Å². The average molecular weight is 712 g/mol. The molecule has 2 aliphatic rings. The quantitative estimate of drug-likeness (QED) is 0.187. The van der Waals surface area contributed by atoms with E-state index in [0.29, 0.717) is 4.47 Å². The third-order valence-corrected chi connectivity index (χ3v) is 9.06. The maximum absolute atomic E-state index is 13.8. The fraction of sp³-hybridized carbons (Fsp3) is 0.231. The molecule has 5 rings (SSSR count). The Labute approximate surface area is 263 Å². The molecule has 1 fully saturated rings. The van der Waals surface area contributed by atoms with Gasteiger partial charge in [-0.3, -0.25) is 19.7 Å². The van der Waals surface area contributed by atoms with E-state index in [4.69, 9.17) is 27.4 Å². The van der Waals surface area contributed by atoms with E-state index in [1.54, 1.807) is 18.0 Å². The standard InChI is InChI=1S/C26H21BrCl2N6O7S/c1-33(15-8-9-15)26(37)16-11-14(28)12-17(27)23(16)31-25(36)20-13-22(32-34(20)24-18(29)5-4-10-30-24)42-43(40,41)21-7-3-2-6-19(21)35(38)39/h2-7,10-12,15,20H,8-9,13H2,1H3,(H,31,36). The van der Waals surface area contributed by atoms with Crippen LogP contribution in [-0.2, 0) is 19.1 Å². The van der Waals surface area contributed by atoms with Crippen molar-refractivity contribution in [3.05, 3.63) is 84.9 Å². The lowest BCUT2D eigenvalue weighted by Crippen LogP contribution is -2.40. The van der Waals surface area contributed by atoms with Crippen molar-refractivity contribution in [1.82, 2.24) is 9.88 Å². The van der Waals surface area contributed by atoms with Gasteiger partial charge in [0.2, 0.25) is 11.8 Å². The van der Waals surface area contributed by atoms with Gasteiger partial charge in [0, 0.05) is 34.8 Å². The lowest BCUT2D eigenvalue weighted by Gasteiger charge is -2.24. The number of rotatable bonds is 8. The molecule has 0 saturated heterocycles. The highest BCUT2D eigenvalue weighted by Gasteiger charge is 2.40. The summed E-state index contributed by atoms with van der Waals surface area (Å²) in [6, 6.07) is 9.49. The number of carbonyl (C=O) groups excluding carboxylic acids is 2. The SMILES string of the molecule is CN(C(=O)c1cc(Cl)cc(Br)c1NC(=O)C1CC(OS(=O)(=O)c2ccccc2[N+](=O)[O-])=NN1c1ncccc1Cl)C1CC1. The van der Waals surface area contributed by atoms with Gasteiger partial charge in [-0.05, 0) is 59.1 Å². The van der Waals surface area contributed by atoms with Crippen LogP contribution >= 0.6 is 39.1 Å². The third-order valence-electron chi connectivity index (χ3n) is 6.63. The summed E-state index contributed by atoms with van der Waals surface area (Å²) in [6.07, 6.45) is 2.73. The van der Waals surface area contributed by atoms with Gasteiger partial charge in [0.15, 0.2) is 10.7 Å². The topological polar surface area (TPSA) is 164 Å². The summed E-state index contributed by atoms with van der Waals surface area (Å²) in [5.74, 6) is -1.49. The Morgan fingerprint density at radius 2 is 1.91 bits per heavy atom. The van der Waals surface area contributed by atoms with E-state index in [-0.39, 0.29) is 39.1 Å². The number of amides is 2. The minimum absolute atomic E-state index is 0.0194. The van der Waals surface area contributed by atoms with E-state index in [9.17, 15) is 28.1 Å². The van der Waals surface area contributed by atoms with E-state index in [1.165, 1.54) is 36.5 Å². The molecule has 1 atom stereocenters. The number of hydrogen-bond donors (Lipinski definition) is 1. The molecule has 2 heterocycles. The van der Waals surface area contributed by atoms with E-state index < -0.39 is 49.9 Å². The number of hydrazone groups is 1. The first-order chi connectivity index (χ1) is 20.4. The van der Waals surface area contributed by atoms with Crippen LogP contribution in [0.5, 0.6) is 0 Å². The maximum Gasteiger partial charge on any atom is 0.347 e. The lowest BCUT2D eigenvalue weighted by molar-refractivity contribution is -0.387. The zero-order valence-corrected chi connectivity index (χ0v) is 26.0. The molecule has 1 aromatic heterocycles. The fourth-order valence-electron chi connectivity index (χ4n) is 4.36. The van der Waals surface area contributed by atoms with Crippen molar-refractivity contribution in [3.63, 3.8) is 0 Å². The first-order valence-corrected chi connectivity index (χ1v) is 15.5. The van der Waals surface area contributed by atoms with Gasteiger partial charge < -0.3 is 14.4 Å². The van der Waals surface area contributed by atoms with E-state index in [1.807, 2.05) is 0 Å². The van der Waals surface area contributed by atoms with Crippen LogP contribution in [0, 0.1) is 10.1 Å². The second kappa shape index (κ2) is 12.1. The molecule has 224 valence electrons. The Morgan fingerprint density at radius 3 is 2.58 bits per heavy atom. The largest absolute Gasteiger partial charge is 0.361 e. The number of nitrogens with one attached hydrogen (secondary N) is 1. The number of halogens is 3. The third kappa shape index (κ3) is 6.44. The summed E-state index contributed by atoms with van der Waals surface area (Å²) in [6.45, 7) is 0. The number of nitro groups is 1. The summed E-state index contributed by atoms with van der Waals surface area (Å²) in [7, 11) is -3.08. The van der Waals surface area contributed by atoms with Crippen molar-refractivity contribution in [3.8, 4) is 0 Å². The van der Waals surface area contributed by atoms with E-state index in [0.717, 1.165) is 30.0 Å². The molecule has 1 saturated carbocycles. The zero-order valence-electron chi connectivity index (χ0n) is 22.1. The molecule has 2 amide bonds. The normalized spacial score (nSPS) is 16.4. The molecule has 1 aliphatic heterocycles. The van der Waals surface area contributed by atoms with Gasteiger partial charge in [0.25, 0.3) is 11.6 Å². The van der Waals surface area contributed by atoms with Gasteiger partial charge in [-0.1, -0.05) is 35.3 Å². The minimum atomic E-state index is -4.74. The number of carbonyl (C=O) groups is 2. The Balaban J connectivity index is 1.48. The molecule has 17 heteroatoms. The van der Waals surface area contributed by atoms with Crippen LogP contribution in [0.25, 0.3) is 0 Å². The highest BCUT2D eigenvalue weighted by molar-refractivity contribution is 9.10. The first kappa shape index (κ1) is 30.7. The van der Waals surface area contributed by atoms with Gasteiger partial charge in [-0.25, -0.2) is 9.99 Å². The van der Waals surface area contributed by atoms with Crippen LogP contribution in [-0.4, -0.2) is 60.1 Å². The predicted molar refractivity (Wildman–Crippen MR) is 162 cm³/mol. The summed E-state index contributed by atoms with van der Waals surface area (Å²) < 4.78 is 31.7. The van der Waals surface area contributed by atoms with Crippen LogP contribution in [0.3, 0.4) is 0 Å². The lowest BCUT2D eigenvalue weighted by atomic mass is 10.1.